The Morgan fingerprint density at radius 1 is 0.956 bits per heavy atom. The number of para-hydroxylation sites is 2. The first-order chi connectivity index (χ1) is 21.9. The molecular formula is C34H41N5O6. The fourth-order valence-electron chi connectivity index (χ4n) is 5.51. The number of nitrogens with zero attached hydrogens (tertiary/aromatic N) is 4. The summed E-state index contributed by atoms with van der Waals surface area (Å²) >= 11 is 0. The summed E-state index contributed by atoms with van der Waals surface area (Å²) in [6.07, 6.45) is 0.485. The normalized spacial score (nSPS) is 16.6. The lowest BCUT2D eigenvalue weighted by Crippen LogP contribution is -2.47. The summed E-state index contributed by atoms with van der Waals surface area (Å²) in [5.41, 5.74) is 4.10. The molecule has 1 N–H and O–H groups in total. The van der Waals surface area contributed by atoms with Crippen molar-refractivity contribution in [3.63, 3.8) is 0 Å². The minimum atomic E-state index is -0.395. The van der Waals surface area contributed by atoms with Crippen LogP contribution in [0.1, 0.15) is 29.2 Å². The van der Waals surface area contributed by atoms with Crippen molar-refractivity contribution >= 4 is 23.3 Å². The minimum absolute atomic E-state index is 0.162. The Labute approximate surface area is 264 Å². The highest BCUT2D eigenvalue weighted by molar-refractivity contribution is 6.05. The Morgan fingerprint density at radius 2 is 1.69 bits per heavy atom. The van der Waals surface area contributed by atoms with Gasteiger partial charge in [-0.3, -0.25) is 9.69 Å². The lowest BCUT2D eigenvalue weighted by Gasteiger charge is -2.31. The molecule has 0 aromatic heterocycles. The second-order valence-corrected chi connectivity index (χ2v) is 11.0. The molecule has 0 bridgehead atoms. The van der Waals surface area contributed by atoms with E-state index in [-0.39, 0.29) is 18.5 Å². The lowest BCUT2D eigenvalue weighted by molar-refractivity contribution is -0.133. The van der Waals surface area contributed by atoms with Crippen molar-refractivity contribution in [3.8, 4) is 17.2 Å². The van der Waals surface area contributed by atoms with Crippen LogP contribution in [0.5, 0.6) is 17.2 Å². The molecule has 2 heterocycles. The molecule has 0 unspecified atom stereocenters. The smallest absolute Gasteiger partial charge is 0.322 e. The van der Waals surface area contributed by atoms with Crippen LogP contribution in [0, 0.1) is 6.92 Å². The molecule has 1 saturated heterocycles. The predicted octanol–water partition coefficient (Wildman–Crippen LogP) is 4.56. The van der Waals surface area contributed by atoms with Crippen molar-refractivity contribution < 1.29 is 28.5 Å². The molecule has 0 aliphatic carbocycles. The summed E-state index contributed by atoms with van der Waals surface area (Å²) in [6.45, 7) is 5.65. The SMILES string of the molecule is COc1ccc(C2=NN(C(=O)CN(CCN3CCOCC3)C(=O)Nc3ccccc3OC)[C@@H](c3ccc(C)cc3)C2)c(OC)c1. The van der Waals surface area contributed by atoms with Gasteiger partial charge in [0.25, 0.3) is 5.91 Å². The van der Waals surface area contributed by atoms with E-state index in [1.807, 2.05) is 55.5 Å². The molecule has 1 atom stereocenters. The van der Waals surface area contributed by atoms with E-state index in [4.69, 9.17) is 24.0 Å². The van der Waals surface area contributed by atoms with E-state index < -0.39 is 6.03 Å². The maximum atomic E-state index is 14.2. The molecule has 11 nitrogen and oxygen atoms in total. The van der Waals surface area contributed by atoms with Crippen molar-refractivity contribution in [2.45, 2.75) is 19.4 Å². The van der Waals surface area contributed by atoms with Gasteiger partial charge in [0.1, 0.15) is 23.8 Å². The highest BCUT2D eigenvalue weighted by Crippen LogP contribution is 2.36. The van der Waals surface area contributed by atoms with Gasteiger partial charge in [-0.05, 0) is 36.8 Å². The van der Waals surface area contributed by atoms with Gasteiger partial charge >= 0.3 is 6.03 Å². The highest BCUT2D eigenvalue weighted by atomic mass is 16.5. The lowest BCUT2D eigenvalue weighted by atomic mass is 9.97. The molecule has 5 rings (SSSR count). The number of nitrogens with one attached hydrogen (secondary N) is 1. The number of hydrogen-bond donors (Lipinski definition) is 1. The van der Waals surface area contributed by atoms with E-state index in [0.29, 0.717) is 61.4 Å². The Balaban J connectivity index is 1.43. The summed E-state index contributed by atoms with van der Waals surface area (Å²) < 4.78 is 22.0. The zero-order chi connectivity index (χ0) is 31.8. The first-order valence-electron chi connectivity index (χ1n) is 15.1. The van der Waals surface area contributed by atoms with Crippen LogP contribution in [0.2, 0.25) is 0 Å². The minimum Gasteiger partial charge on any atom is -0.497 e. The predicted molar refractivity (Wildman–Crippen MR) is 172 cm³/mol. The number of benzene rings is 3. The molecule has 1 fully saturated rings. The number of urea groups is 1. The summed E-state index contributed by atoms with van der Waals surface area (Å²) in [4.78, 5) is 31.6. The van der Waals surface area contributed by atoms with Crippen LogP contribution in [0.4, 0.5) is 10.5 Å². The number of aryl methyl sites for hydroxylation is 1. The number of carbonyl (C=O) groups excluding carboxylic acids is 2. The number of hydrogen-bond acceptors (Lipinski definition) is 8. The van der Waals surface area contributed by atoms with E-state index in [9.17, 15) is 9.59 Å². The molecule has 0 spiro atoms. The van der Waals surface area contributed by atoms with E-state index in [1.165, 1.54) is 9.91 Å². The Kier molecular flexibility index (Phi) is 10.5. The molecule has 0 saturated carbocycles. The second kappa shape index (κ2) is 14.9. The highest BCUT2D eigenvalue weighted by Gasteiger charge is 2.35. The second-order valence-electron chi connectivity index (χ2n) is 11.0. The third kappa shape index (κ3) is 7.73. The summed E-state index contributed by atoms with van der Waals surface area (Å²) in [5.74, 6) is 1.51. The zero-order valence-electron chi connectivity index (χ0n) is 26.3. The van der Waals surface area contributed by atoms with Crippen LogP contribution in [-0.2, 0) is 9.53 Å². The van der Waals surface area contributed by atoms with Crippen LogP contribution in [0.25, 0.3) is 0 Å². The molecule has 3 aromatic rings. The van der Waals surface area contributed by atoms with Gasteiger partial charge in [0, 0.05) is 44.2 Å². The van der Waals surface area contributed by atoms with Crippen molar-refractivity contribution in [1.82, 2.24) is 14.8 Å². The molecule has 0 radical (unpaired) electrons. The molecule has 3 amide bonds. The van der Waals surface area contributed by atoms with Gasteiger partial charge in [0.05, 0.1) is 52.0 Å². The van der Waals surface area contributed by atoms with Crippen LogP contribution >= 0.6 is 0 Å². The first-order valence-corrected chi connectivity index (χ1v) is 15.1. The standard InChI is InChI=1S/C34H41N5O6/c1-24-9-11-25(12-10-24)30-22-29(27-14-13-26(42-2)21-32(27)44-4)36-39(30)33(40)23-38(16-15-37-17-19-45-20-18-37)34(41)35-28-7-5-6-8-31(28)43-3/h5-14,21,30H,15-20,22-23H2,1-4H3,(H,35,41)/t30-/m1/s1. The number of anilines is 1. The molecule has 2 aliphatic heterocycles. The van der Waals surface area contributed by atoms with Gasteiger partial charge in [0.2, 0.25) is 0 Å². The number of methoxy groups -OCH3 is 3. The van der Waals surface area contributed by atoms with E-state index in [0.717, 1.165) is 29.8 Å². The zero-order valence-corrected chi connectivity index (χ0v) is 26.3. The molecule has 45 heavy (non-hydrogen) atoms. The molecule has 2 aliphatic rings. The van der Waals surface area contributed by atoms with Crippen LogP contribution in [0.15, 0.2) is 71.8 Å². The quantitative estimate of drug-likeness (QED) is 0.337. The number of hydrazone groups is 1. The average Bonchev–Trinajstić information content (AvgIpc) is 3.52. The average molecular weight is 616 g/mol. The van der Waals surface area contributed by atoms with Gasteiger partial charge in [0.15, 0.2) is 0 Å². The molecule has 11 heteroatoms. The van der Waals surface area contributed by atoms with E-state index in [1.54, 1.807) is 39.5 Å². The Morgan fingerprint density at radius 3 is 2.40 bits per heavy atom. The van der Waals surface area contributed by atoms with Crippen LogP contribution in [0.3, 0.4) is 0 Å². The first kappa shape index (κ1) is 31.8. The van der Waals surface area contributed by atoms with E-state index >= 15 is 0 Å². The largest absolute Gasteiger partial charge is 0.497 e. The summed E-state index contributed by atoms with van der Waals surface area (Å²) in [5, 5.41) is 9.30. The topological polar surface area (TPSA) is 105 Å². The molecule has 3 aromatic carbocycles. The number of ether oxygens (including phenoxy) is 4. The summed E-state index contributed by atoms with van der Waals surface area (Å²) in [7, 11) is 4.75. The van der Waals surface area contributed by atoms with E-state index in [2.05, 4.69) is 10.2 Å². The number of amides is 3. The third-order valence-electron chi connectivity index (χ3n) is 8.10. The van der Waals surface area contributed by atoms with Crippen molar-refractivity contribution in [3.05, 3.63) is 83.4 Å². The van der Waals surface area contributed by atoms with Crippen LogP contribution in [-0.4, -0.2) is 99.7 Å². The van der Waals surface area contributed by atoms with Gasteiger partial charge in [-0.1, -0.05) is 42.0 Å². The number of carbonyl (C=O) groups is 2. The van der Waals surface area contributed by atoms with Crippen LogP contribution < -0.4 is 19.5 Å². The van der Waals surface area contributed by atoms with Crippen molar-refractivity contribution in [2.75, 3.05) is 72.6 Å². The van der Waals surface area contributed by atoms with Crippen molar-refractivity contribution in [2.24, 2.45) is 5.10 Å². The number of morpholine rings is 1. The fraction of sp³-hybridized carbons (Fsp3) is 0.382. The third-order valence-corrected chi connectivity index (χ3v) is 8.10. The maximum absolute atomic E-state index is 14.2. The Hall–Kier alpha value is -4.61. The van der Waals surface area contributed by atoms with Gasteiger partial charge in [-0.2, -0.15) is 5.10 Å². The van der Waals surface area contributed by atoms with Gasteiger partial charge in [-0.25, -0.2) is 9.80 Å². The molecule has 238 valence electrons. The monoisotopic (exact) mass is 615 g/mol. The van der Waals surface area contributed by atoms with Gasteiger partial charge < -0.3 is 29.2 Å². The van der Waals surface area contributed by atoms with Gasteiger partial charge in [-0.15, -0.1) is 0 Å². The summed E-state index contributed by atoms with van der Waals surface area (Å²) in [6, 6.07) is 20.1. The molecular weight excluding hydrogens is 574 g/mol. The Bertz CT molecular complexity index is 1510. The fourth-order valence-corrected chi connectivity index (χ4v) is 5.51. The maximum Gasteiger partial charge on any atom is 0.322 e. The van der Waals surface area contributed by atoms with Crippen molar-refractivity contribution in [1.29, 1.82) is 0 Å². The number of rotatable bonds is 11.